The standard InChI is InChI=1S/C20H25NO3/c1-13(2)17-10-16(11-18(14(3)4)19(17)22)21-20(23)24-12-15-8-6-5-7-9-15/h5-11,13-14,22H,12H2,1-4H3,(H,21,23). The third kappa shape index (κ3) is 4.51. The number of carbonyl (C=O) groups excluding carboxylic acids is 1. The van der Waals surface area contributed by atoms with Crippen molar-refractivity contribution >= 4 is 11.8 Å². The van der Waals surface area contributed by atoms with Crippen molar-refractivity contribution in [3.63, 3.8) is 0 Å². The van der Waals surface area contributed by atoms with Gasteiger partial charge < -0.3 is 9.84 Å². The fourth-order valence-corrected chi connectivity index (χ4v) is 2.51. The summed E-state index contributed by atoms with van der Waals surface area (Å²) < 4.78 is 5.25. The molecule has 0 radical (unpaired) electrons. The molecule has 0 saturated carbocycles. The zero-order valence-electron chi connectivity index (χ0n) is 14.7. The SMILES string of the molecule is CC(C)c1cc(NC(=O)OCc2ccccc2)cc(C(C)C)c1O. The molecule has 0 aliphatic heterocycles. The van der Waals surface area contributed by atoms with E-state index in [9.17, 15) is 9.90 Å². The fraction of sp³-hybridized carbons (Fsp3) is 0.350. The maximum atomic E-state index is 12.0. The Morgan fingerprint density at radius 2 is 1.58 bits per heavy atom. The molecule has 4 heteroatoms. The van der Waals surface area contributed by atoms with Crippen LogP contribution in [0.2, 0.25) is 0 Å². The van der Waals surface area contributed by atoms with Crippen molar-refractivity contribution in [1.29, 1.82) is 0 Å². The summed E-state index contributed by atoms with van der Waals surface area (Å²) in [5.74, 6) is 0.623. The Balaban J connectivity index is 2.12. The average Bonchev–Trinajstić information content (AvgIpc) is 2.55. The van der Waals surface area contributed by atoms with Gasteiger partial charge in [0, 0.05) is 5.69 Å². The first-order chi connectivity index (χ1) is 11.4. The molecule has 2 rings (SSSR count). The van der Waals surface area contributed by atoms with Crippen molar-refractivity contribution in [2.45, 2.75) is 46.1 Å². The number of rotatable bonds is 5. The van der Waals surface area contributed by atoms with E-state index in [2.05, 4.69) is 5.32 Å². The number of ether oxygens (including phenoxy) is 1. The number of anilines is 1. The average molecular weight is 327 g/mol. The van der Waals surface area contributed by atoms with Crippen LogP contribution in [-0.2, 0) is 11.3 Å². The molecule has 0 bridgehead atoms. The van der Waals surface area contributed by atoms with Gasteiger partial charge in [-0.15, -0.1) is 0 Å². The molecule has 4 nitrogen and oxygen atoms in total. The lowest BCUT2D eigenvalue weighted by Gasteiger charge is -2.18. The third-order valence-corrected chi connectivity index (χ3v) is 3.87. The molecular formula is C20H25NO3. The number of nitrogens with one attached hydrogen (secondary N) is 1. The number of phenolic OH excluding ortho intramolecular Hbond substituents is 1. The van der Waals surface area contributed by atoms with E-state index in [0.717, 1.165) is 16.7 Å². The molecule has 2 N–H and O–H groups in total. The minimum Gasteiger partial charge on any atom is -0.507 e. The van der Waals surface area contributed by atoms with Crippen LogP contribution in [0.4, 0.5) is 10.5 Å². The Morgan fingerprint density at radius 3 is 2.08 bits per heavy atom. The van der Waals surface area contributed by atoms with Crippen molar-refractivity contribution in [3.05, 3.63) is 59.2 Å². The first-order valence-corrected chi connectivity index (χ1v) is 8.23. The van der Waals surface area contributed by atoms with Crippen molar-refractivity contribution < 1.29 is 14.6 Å². The van der Waals surface area contributed by atoms with Crippen molar-refractivity contribution in [3.8, 4) is 5.75 Å². The third-order valence-electron chi connectivity index (χ3n) is 3.87. The zero-order chi connectivity index (χ0) is 17.7. The fourth-order valence-electron chi connectivity index (χ4n) is 2.51. The van der Waals surface area contributed by atoms with Gasteiger partial charge in [0.05, 0.1) is 0 Å². The number of hydrogen-bond donors (Lipinski definition) is 2. The van der Waals surface area contributed by atoms with Gasteiger partial charge in [-0.2, -0.15) is 0 Å². The van der Waals surface area contributed by atoms with Crippen LogP contribution in [0.5, 0.6) is 5.75 Å². The van der Waals surface area contributed by atoms with E-state index in [4.69, 9.17) is 4.74 Å². The largest absolute Gasteiger partial charge is 0.507 e. The topological polar surface area (TPSA) is 58.6 Å². The van der Waals surface area contributed by atoms with Gasteiger partial charge in [-0.05, 0) is 40.7 Å². The lowest BCUT2D eigenvalue weighted by molar-refractivity contribution is 0.155. The van der Waals surface area contributed by atoms with Crippen LogP contribution in [0.3, 0.4) is 0 Å². The van der Waals surface area contributed by atoms with Gasteiger partial charge in [0.25, 0.3) is 0 Å². The maximum absolute atomic E-state index is 12.0. The summed E-state index contributed by atoms with van der Waals surface area (Å²) in [6.45, 7) is 8.26. The lowest BCUT2D eigenvalue weighted by Crippen LogP contribution is -2.14. The molecule has 2 aromatic rings. The van der Waals surface area contributed by atoms with Gasteiger partial charge in [-0.3, -0.25) is 5.32 Å². The molecule has 0 unspecified atom stereocenters. The van der Waals surface area contributed by atoms with Crippen molar-refractivity contribution in [2.24, 2.45) is 0 Å². The highest BCUT2D eigenvalue weighted by Gasteiger charge is 2.16. The van der Waals surface area contributed by atoms with Gasteiger partial charge in [0.15, 0.2) is 0 Å². The molecule has 0 atom stereocenters. The number of carbonyl (C=O) groups is 1. The summed E-state index contributed by atoms with van der Waals surface area (Å²) in [5.41, 5.74) is 3.21. The molecule has 0 aliphatic rings. The lowest BCUT2D eigenvalue weighted by atomic mass is 9.93. The minimum absolute atomic E-state index is 0.157. The first-order valence-electron chi connectivity index (χ1n) is 8.23. The Labute approximate surface area is 143 Å². The highest BCUT2D eigenvalue weighted by Crippen LogP contribution is 2.36. The molecule has 2 aromatic carbocycles. The molecule has 0 saturated heterocycles. The first kappa shape index (κ1) is 17.9. The van der Waals surface area contributed by atoms with Crippen LogP contribution in [0.15, 0.2) is 42.5 Å². The van der Waals surface area contributed by atoms with E-state index in [1.165, 1.54) is 0 Å². The predicted octanol–water partition coefficient (Wildman–Crippen LogP) is 5.39. The Morgan fingerprint density at radius 1 is 1.04 bits per heavy atom. The van der Waals surface area contributed by atoms with Crippen molar-refractivity contribution in [2.75, 3.05) is 5.32 Å². The van der Waals surface area contributed by atoms with Crippen LogP contribution in [0.25, 0.3) is 0 Å². The smallest absolute Gasteiger partial charge is 0.411 e. The summed E-state index contributed by atoms with van der Waals surface area (Å²) in [7, 11) is 0. The van der Waals surface area contributed by atoms with Crippen LogP contribution < -0.4 is 5.32 Å². The number of benzene rings is 2. The number of aromatic hydroxyl groups is 1. The van der Waals surface area contributed by atoms with Crippen LogP contribution in [0, 0.1) is 0 Å². The normalized spacial score (nSPS) is 10.9. The molecule has 0 heterocycles. The molecule has 0 spiro atoms. The minimum atomic E-state index is -0.506. The molecule has 24 heavy (non-hydrogen) atoms. The molecular weight excluding hydrogens is 302 g/mol. The second-order valence-electron chi connectivity index (χ2n) is 6.50. The van der Waals surface area contributed by atoms with E-state index in [0.29, 0.717) is 11.4 Å². The van der Waals surface area contributed by atoms with E-state index in [1.807, 2.05) is 58.0 Å². The van der Waals surface area contributed by atoms with E-state index in [1.54, 1.807) is 12.1 Å². The van der Waals surface area contributed by atoms with E-state index < -0.39 is 6.09 Å². The van der Waals surface area contributed by atoms with Gasteiger partial charge in [0.2, 0.25) is 0 Å². The highest BCUT2D eigenvalue weighted by atomic mass is 16.5. The van der Waals surface area contributed by atoms with Crippen molar-refractivity contribution in [1.82, 2.24) is 0 Å². The summed E-state index contributed by atoms with van der Waals surface area (Å²) in [5, 5.41) is 13.2. The Kier molecular flexibility index (Phi) is 5.85. The second-order valence-corrected chi connectivity index (χ2v) is 6.50. The van der Waals surface area contributed by atoms with E-state index in [-0.39, 0.29) is 18.4 Å². The molecule has 0 fully saturated rings. The summed E-state index contributed by atoms with van der Waals surface area (Å²) in [6, 6.07) is 13.1. The summed E-state index contributed by atoms with van der Waals surface area (Å²) >= 11 is 0. The van der Waals surface area contributed by atoms with Gasteiger partial charge in [-0.1, -0.05) is 58.0 Å². The van der Waals surface area contributed by atoms with E-state index >= 15 is 0 Å². The second kappa shape index (κ2) is 7.86. The molecule has 0 aromatic heterocycles. The molecule has 128 valence electrons. The molecule has 0 aliphatic carbocycles. The van der Waals surface area contributed by atoms with Crippen LogP contribution >= 0.6 is 0 Å². The zero-order valence-corrected chi connectivity index (χ0v) is 14.7. The van der Waals surface area contributed by atoms with Gasteiger partial charge >= 0.3 is 6.09 Å². The highest BCUT2D eigenvalue weighted by molar-refractivity contribution is 5.85. The predicted molar refractivity (Wildman–Crippen MR) is 96.5 cm³/mol. The summed E-state index contributed by atoms with van der Waals surface area (Å²) in [4.78, 5) is 12.0. The summed E-state index contributed by atoms with van der Waals surface area (Å²) in [6.07, 6.45) is -0.506. The Bertz CT molecular complexity index is 664. The van der Waals surface area contributed by atoms with Crippen LogP contribution in [0.1, 0.15) is 56.2 Å². The maximum Gasteiger partial charge on any atom is 0.411 e. The van der Waals surface area contributed by atoms with Crippen LogP contribution in [-0.4, -0.2) is 11.2 Å². The number of phenols is 1. The number of hydrogen-bond acceptors (Lipinski definition) is 3. The monoisotopic (exact) mass is 327 g/mol. The quantitative estimate of drug-likeness (QED) is 0.724. The van der Waals surface area contributed by atoms with Gasteiger partial charge in [0.1, 0.15) is 12.4 Å². The van der Waals surface area contributed by atoms with Gasteiger partial charge in [-0.25, -0.2) is 4.79 Å². The number of amides is 1. The molecule has 1 amide bonds. The Hall–Kier alpha value is -2.49.